The summed E-state index contributed by atoms with van der Waals surface area (Å²) < 4.78 is 16.4. The molecule has 0 aliphatic carbocycles. The lowest BCUT2D eigenvalue weighted by atomic mass is 9.86. The number of fused-ring (bicyclic) bond motifs is 1. The van der Waals surface area contributed by atoms with Crippen LogP contribution in [0.4, 0.5) is 4.39 Å². The summed E-state index contributed by atoms with van der Waals surface area (Å²) in [7, 11) is 0. The Bertz CT molecular complexity index is 868. The molecular weight excluding hydrogens is 283 g/mol. The van der Waals surface area contributed by atoms with Crippen molar-refractivity contribution >= 4 is 23.3 Å². The molecule has 0 saturated carbocycles. The Morgan fingerprint density at radius 3 is 2.48 bits per heavy atom. The van der Waals surface area contributed by atoms with Crippen molar-refractivity contribution in [2.24, 2.45) is 0 Å². The SMILES string of the molecule is CC(C)(C)c1ccccc1-n1c(=S)[nH]c2c(F)cccc21. The molecule has 0 amide bonds. The normalized spacial score (nSPS) is 12.0. The Kier molecular flexibility index (Phi) is 3.21. The molecule has 1 heterocycles. The molecule has 0 saturated heterocycles. The van der Waals surface area contributed by atoms with Gasteiger partial charge in [0.2, 0.25) is 0 Å². The summed E-state index contributed by atoms with van der Waals surface area (Å²) in [5.74, 6) is -0.286. The van der Waals surface area contributed by atoms with Gasteiger partial charge < -0.3 is 4.98 Å². The fourth-order valence-corrected chi connectivity index (χ4v) is 2.94. The highest BCUT2D eigenvalue weighted by Gasteiger charge is 2.20. The predicted octanol–water partition coefficient (Wildman–Crippen LogP) is 5.12. The number of nitrogens with zero attached hydrogens (tertiary/aromatic N) is 1. The summed E-state index contributed by atoms with van der Waals surface area (Å²) in [6.45, 7) is 6.47. The molecule has 0 atom stereocenters. The molecule has 0 radical (unpaired) electrons. The molecule has 1 aromatic heterocycles. The first-order chi connectivity index (χ1) is 9.89. The molecule has 3 aromatic rings. The standard InChI is InChI=1S/C17H17FN2S/c1-17(2,3)11-7-4-5-9-13(11)20-14-10-6-8-12(18)15(14)19-16(20)21/h4-10H,1-3H3,(H,19,21). The first-order valence-corrected chi connectivity index (χ1v) is 7.29. The van der Waals surface area contributed by atoms with Crippen molar-refractivity contribution < 1.29 is 4.39 Å². The lowest BCUT2D eigenvalue weighted by Crippen LogP contribution is -2.15. The molecule has 0 aliphatic rings. The molecule has 2 aromatic carbocycles. The van der Waals surface area contributed by atoms with E-state index in [-0.39, 0.29) is 11.2 Å². The van der Waals surface area contributed by atoms with Crippen LogP contribution < -0.4 is 0 Å². The zero-order valence-electron chi connectivity index (χ0n) is 12.3. The van der Waals surface area contributed by atoms with E-state index < -0.39 is 0 Å². The van der Waals surface area contributed by atoms with E-state index in [0.29, 0.717) is 10.3 Å². The number of H-pyrrole nitrogens is 1. The zero-order chi connectivity index (χ0) is 15.2. The van der Waals surface area contributed by atoms with Crippen LogP contribution in [-0.2, 0) is 5.41 Å². The van der Waals surface area contributed by atoms with Gasteiger partial charge in [-0.15, -0.1) is 0 Å². The topological polar surface area (TPSA) is 20.7 Å². The van der Waals surface area contributed by atoms with E-state index in [2.05, 4.69) is 31.8 Å². The summed E-state index contributed by atoms with van der Waals surface area (Å²) in [4.78, 5) is 2.98. The molecule has 0 fully saturated rings. The monoisotopic (exact) mass is 300 g/mol. The molecule has 21 heavy (non-hydrogen) atoms. The van der Waals surface area contributed by atoms with Gasteiger partial charge in [0.25, 0.3) is 0 Å². The van der Waals surface area contributed by atoms with Gasteiger partial charge in [-0.2, -0.15) is 0 Å². The third-order valence-corrected chi connectivity index (χ3v) is 3.91. The van der Waals surface area contributed by atoms with Crippen molar-refractivity contribution in [2.45, 2.75) is 26.2 Å². The first-order valence-electron chi connectivity index (χ1n) is 6.89. The van der Waals surface area contributed by atoms with Crippen molar-refractivity contribution in [3.8, 4) is 5.69 Å². The Morgan fingerprint density at radius 2 is 1.76 bits per heavy atom. The third-order valence-electron chi connectivity index (χ3n) is 3.62. The summed E-state index contributed by atoms with van der Waals surface area (Å²) >= 11 is 5.42. The molecule has 4 heteroatoms. The van der Waals surface area contributed by atoms with Crippen LogP contribution in [0.1, 0.15) is 26.3 Å². The number of para-hydroxylation sites is 2. The number of rotatable bonds is 1. The Labute approximate surface area is 128 Å². The summed E-state index contributed by atoms with van der Waals surface area (Å²) in [6, 6.07) is 13.1. The number of nitrogens with one attached hydrogen (secondary N) is 1. The lowest BCUT2D eigenvalue weighted by molar-refractivity contribution is 0.586. The van der Waals surface area contributed by atoms with Crippen LogP contribution in [0, 0.1) is 10.6 Å². The Morgan fingerprint density at radius 1 is 1.05 bits per heavy atom. The zero-order valence-corrected chi connectivity index (χ0v) is 13.1. The number of hydrogen-bond donors (Lipinski definition) is 1. The van der Waals surface area contributed by atoms with Crippen molar-refractivity contribution in [1.82, 2.24) is 9.55 Å². The van der Waals surface area contributed by atoms with Crippen LogP contribution in [0.25, 0.3) is 16.7 Å². The highest BCUT2D eigenvalue weighted by atomic mass is 32.1. The fourth-order valence-electron chi connectivity index (χ4n) is 2.64. The number of aromatic nitrogens is 2. The molecule has 0 spiro atoms. The van der Waals surface area contributed by atoms with Gasteiger partial charge in [0.1, 0.15) is 11.3 Å². The van der Waals surface area contributed by atoms with E-state index in [9.17, 15) is 4.39 Å². The quantitative estimate of drug-likeness (QED) is 0.618. The maximum absolute atomic E-state index is 13.9. The second-order valence-electron chi connectivity index (χ2n) is 6.17. The van der Waals surface area contributed by atoms with Crippen LogP contribution in [0.3, 0.4) is 0 Å². The van der Waals surface area contributed by atoms with Crippen LogP contribution >= 0.6 is 12.2 Å². The fraction of sp³-hybridized carbons (Fsp3) is 0.235. The van der Waals surface area contributed by atoms with Gasteiger partial charge in [0.05, 0.1) is 11.2 Å². The van der Waals surface area contributed by atoms with Crippen molar-refractivity contribution in [3.63, 3.8) is 0 Å². The highest BCUT2D eigenvalue weighted by molar-refractivity contribution is 7.71. The second-order valence-corrected chi connectivity index (χ2v) is 6.55. The summed E-state index contributed by atoms with van der Waals surface area (Å²) in [5, 5.41) is 0. The van der Waals surface area contributed by atoms with Gasteiger partial charge in [-0.25, -0.2) is 4.39 Å². The maximum Gasteiger partial charge on any atom is 0.182 e. The Hall–Kier alpha value is -1.94. The average molecular weight is 300 g/mol. The molecule has 0 bridgehead atoms. The van der Waals surface area contributed by atoms with Gasteiger partial charge >= 0.3 is 0 Å². The lowest BCUT2D eigenvalue weighted by Gasteiger charge is -2.23. The number of benzene rings is 2. The molecule has 3 rings (SSSR count). The minimum atomic E-state index is -0.286. The highest BCUT2D eigenvalue weighted by Crippen LogP contribution is 2.31. The number of imidazole rings is 1. The molecular formula is C17H17FN2S. The van der Waals surface area contributed by atoms with Gasteiger partial charge in [0, 0.05) is 0 Å². The largest absolute Gasteiger partial charge is 0.328 e. The van der Waals surface area contributed by atoms with Gasteiger partial charge in [-0.05, 0) is 41.4 Å². The minimum absolute atomic E-state index is 0.0255. The maximum atomic E-state index is 13.9. The summed E-state index contributed by atoms with van der Waals surface area (Å²) in [5.41, 5.74) is 3.35. The Balaban J connectivity index is 2.40. The van der Waals surface area contributed by atoms with Crippen LogP contribution in [0.15, 0.2) is 42.5 Å². The van der Waals surface area contributed by atoms with E-state index in [1.54, 1.807) is 6.07 Å². The average Bonchev–Trinajstić information content (AvgIpc) is 2.75. The van der Waals surface area contributed by atoms with Crippen LogP contribution in [0.5, 0.6) is 0 Å². The van der Waals surface area contributed by atoms with Gasteiger partial charge in [-0.3, -0.25) is 4.57 Å². The molecule has 1 N–H and O–H groups in total. The molecule has 0 unspecified atom stereocenters. The number of hydrogen-bond acceptors (Lipinski definition) is 1. The van der Waals surface area contributed by atoms with E-state index in [4.69, 9.17) is 12.2 Å². The van der Waals surface area contributed by atoms with E-state index in [1.807, 2.05) is 28.8 Å². The predicted molar refractivity (Wildman–Crippen MR) is 87.1 cm³/mol. The third kappa shape index (κ3) is 2.29. The number of halogens is 1. The second kappa shape index (κ2) is 4.81. The van der Waals surface area contributed by atoms with E-state index in [1.165, 1.54) is 11.6 Å². The minimum Gasteiger partial charge on any atom is -0.328 e. The van der Waals surface area contributed by atoms with Crippen LogP contribution in [0.2, 0.25) is 0 Å². The van der Waals surface area contributed by atoms with Crippen molar-refractivity contribution in [1.29, 1.82) is 0 Å². The smallest absolute Gasteiger partial charge is 0.182 e. The van der Waals surface area contributed by atoms with E-state index >= 15 is 0 Å². The van der Waals surface area contributed by atoms with Gasteiger partial charge in [0.15, 0.2) is 4.77 Å². The number of aromatic amines is 1. The molecule has 2 nitrogen and oxygen atoms in total. The molecule has 0 aliphatic heterocycles. The van der Waals surface area contributed by atoms with Crippen molar-refractivity contribution in [2.75, 3.05) is 0 Å². The first kappa shape index (κ1) is 14.0. The molecule has 108 valence electrons. The summed E-state index contributed by atoms with van der Waals surface area (Å²) in [6.07, 6.45) is 0. The van der Waals surface area contributed by atoms with Gasteiger partial charge in [-0.1, -0.05) is 45.0 Å². The van der Waals surface area contributed by atoms with Crippen LogP contribution in [-0.4, -0.2) is 9.55 Å². The van der Waals surface area contributed by atoms with Crippen molar-refractivity contribution in [3.05, 3.63) is 58.6 Å². The van der Waals surface area contributed by atoms with E-state index in [0.717, 1.165) is 11.2 Å².